The van der Waals surface area contributed by atoms with Crippen LogP contribution in [0.15, 0.2) is 51.9 Å². The maximum atomic E-state index is 13.0. The number of aromatic nitrogens is 1. The molecule has 0 spiro atoms. The van der Waals surface area contributed by atoms with Crippen molar-refractivity contribution in [3.8, 4) is 16.9 Å². The maximum Gasteiger partial charge on any atom is 0.244 e. The van der Waals surface area contributed by atoms with Crippen LogP contribution in [0.1, 0.15) is 17.0 Å². The highest BCUT2D eigenvalue weighted by Gasteiger charge is 2.22. The lowest BCUT2D eigenvalue weighted by Gasteiger charge is -2.13. The second kappa shape index (κ2) is 7.50. The highest BCUT2D eigenvalue weighted by molar-refractivity contribution is 7.89. The summed E-state index contributed by atoms with van der Waals surface area (Å²) in [7, 11) is -2.46. The summed E-state index contributed by atoms with van der Waals surface area (Å²) in [6, 6.07) is 10.5. The van der Waals surface area contributed by atoms with Gasteiger partial charge in [0, 0.05) is 12.1 Å². The maximum absolute atomic E-state index is 13.0. The molecule has 0 saturated heterocycles. The van der Waals surface area contributed by atoms with Gasteiger partial charge in [-0.05, 0) is 49.2 Å². The molecule has 1 heterocycles. The lowest BCUT2D eigenvalue weighted by molar-refractivity contribution is 0.393. The molecule has 1 N–H and O–H groups in total. The van der Waals surface area contributed by atoms with E-state index in [4.69, 9.17) is 9.26 Å². The standard InChI is InChI=1S/C19H19FN2O4S/c1-12-19(13(2)26-22-12)15-6-9-17(25-3)18(10-15)27(23,24)21-11-14-4-7-16(20)8-5-14/h4-10,21H,11H2,1-3H3. The summed E-state index contributed by atoms with van der Waals surface area (Å²) < 4.78 is 51.6. The summed E-state index contributed by atoms with van der Waals surface area (Å²) in [6.07, 6.45) is 0. The molecule has 0 aliphatic heterocycles. The topological polar surface area (TPSA) is 81.4 Å². The Morgan fingerprint density at radius 2 is 1.85 bits per heavy atom. The first kappa shape index (κ1) is 19.1. The Balaban J connectivity index is 1.95. The first-order chi connectivity index (χ1) is 12.8. The molecule has 142 valence electrons. The third-order valence-corrected chi connectivity index (χ3v) is 5.58. The van der Waals surface area contributed by atoms with Gasteiger partial charge in [-0.25, -0.2) is 17.5 Å². The van der Waals surface area contributed by atoms with Crippen molar-refractivity contribution in [2.24, 2.45) is 0 Å². The van der Waals surface area contributed by atoms with Gasteiger partial charge in [0.25, 0.3) is 0 Å². The largest absolute Gasteiger partial charge is 0.495 e. The van der Waals surface area contributed by atoms with Gasteiger partial charge in [0.05, 0.1) is 12.8 Å². The Labute approximate surface area is 157 Å². The Hall–Kier alpha value is -2.71. The lowest BCUT2D eigenvalue weighted by atomic mass is 10.0. The molecule has 2 aromatic carbocycles. The molecule has 0 amide bonds. The van der Waals surface area contributed by atoms with E-state index in [0.717, 1.165) is 5.56 Å². The van der Waals surface area contributed by atoms with E-state index in [-0.39, 0.29) is 23.0 Å². The summed E-state index contributed by atoms with van der Waals surface area (Å²) in [5.74, 6) is 0.438. The normalized spacial score (nSPS) is 11.6. The number of nitrogens with zero attached hydrogens (tertiary/aromatic N) is 1. The second-order valence-electron chi connectivity index (χ2n) is 6.02. The summed E-state index contributed by atoms with van der Waals surface area (Å²) in [5, 5.41) is 3.91. The Bertz CT molecular complexity index is 1040. The van der Waals surface area contributed by atoms with E-state index in [1.54, 1.807) is 26.0 Å². The van der Waals surface area contributed by atoms with Crippen molar-refractivity contribution in [1.82, 2.24) is 9.88 Å². The number of rotatable bonds is 6. The van der Waals surface area contributed by atoms with Crippen LogP contribution in [0.3, 0.4) is 0 Å². The number of hydrogen-bond donors (Lipinski definition) is 1. The van der Waals surface area contributed by atoms with E-state index < -0.39 is 10.0 Å². The van der Waals surface area contributed by atoms with E-state index in [1.807, 2.05) is 0 Å². The van der Waals surface area contributed by atoms with E-state index in [1.165, 1.54) is 37.4 Å². The van der Waals surface area contributed by atoms with Gasteiger partial charge in [0.15, 0.2) is 0 Å². The minimum atomic E-state index is -3.87. The molecule has 0 fully saturated rings. The molecule has 0 unspecified atom stereocenters. The zero-order valence-corrected chi connectivity index (χ0v) is 15.9. The minimum Gasteiger partial charge on any atom is -0.495 e. The van der Waals surface area contributed by atoms with E-state index in [0.29, 0.717) is 22.6 Å². The minimum absolute atomic E-state index is 0.00427. The average Bonchev–Trinajstić information content (AvgIpc) is 2.99. The SMILES string of the molecule is COc1ccc(-c2c(C)noc2C)cc1S(=O)(=O)NCc1ccc(F)cc1. The molecular formula is C19H19FN2O4S. The highest BCUT2D eigenvalue weighted by atomic mass is 32.2. The number of hydrogen-bond acceptors (Lipinski definition) is 5. The fraction of sp³-hybridized carbons (Fsp3) is 0.211. The molecule has 3 rings (SSSR count). The van der Waals surface area contributed by atoms with Crippen LogP contribution in [-0.2, 0) is 16.6 Å². The van der Waals surface area contributed by atoms with E-state index in [2.05, 4.69) is 9.88 Å². The third-order valence-electron chi connectivity index (χ3n) is 4.15. The zero-order chi connectivity index (χ0) is 19.6. The lowest BCUT2D eigenvalue weighted by Crippen LogP contribution is -2.23. The van der Waals surface area contributed by atoms with Crippen molar-refractivity contribution < 1.29 is 22.1 Å². The molecule has 0 bridgehead atoms. The van der Waals surface area contributed by atoms with Crippen molar-refractivity contribution in [3.63, 3.8) is 0 Å². The predicted octanol–water partition coefficient (Wildman–Crippen LogP) is 3.58. The number of methoxy groups -OCH3 is 1. The van der Waals surface area contributed by atoms with Crippen molar-refractivity contribution in [1.29, 1.82) is 0 Å². The molecule has 0 aliphatic rings. The van der Waals surface area contributed by atoms with E-state index >= 15 is 0 Å². The van der Waals surface area contributed by atoms with Crippen LogP contribution in [0.4, 0.5) is 4.39 Å². The smallest absolute Gasteiger partial charge is 0.244 e. The zero-order valence-electron chi connectivity index (χ0n) is 15.1. The summed E-state index contributed by atoms with van der Waals surface area (Å²) in [4.78, 5) is 0.00427. The molecule has 0 atom stereocenters. The summed E-state index contributed by atoms with van der Waals surface area (Å²) in [6.45, 7) is 3.58. The number of sulfonamides is 1. The number of benzene rings is 2. The number of nitrogens with one attached hydrogen (secondary N) is 1. The fourth-order valence-corrected chi connectivity index (χ4v) is 4.01. The van der Waals surface area contributed by atoms with Crippen LogP contribution < -0.4 is 9.46 Å². The van der Waals surface area contributed by atoms with Gasteiger partial charge in [-0.15, -0.1) is 0 Å². The molecule has 3 aromatic rings. The first-order valence-corrected chi connectivity index (χ1v) is 9.65. The molecule has 6 nitrogen and oxygen atoms in total. The van der Waals surface area contributed by atoms with Crippen molar-refractivity contribution in [2.45, 2.75) is 25.3 Å². The highest BCUT2D eigenvalue weighted by Crippen LogP contribution is 2.33. The van der Waals surface area contributed by atoms with Gasteiger partial charge in [-0.1, -0.05) is 23.4 Å². The van der Waals surface area contributed by atoms with Gasteiger partial charge in [-0.3, -0.25) is 0 Å². The van der Waals surface area contributed by atoms with Gasteiger partial charge in [0.2, 0.25) is 10.0 Å². The molecule has 0 aliphatic carbocycles. The van der Waals surface area contributed by atoms with Crippen molar-refractivity contribution in [3.05, 3.63) is 65.3 Å². The monoisotopic (exact) mass is 390 g/mol. The first-order valence-electron chi connectivity index (χ1n) is 8.17. The van der Waals surface area contributed by atoms with Gasteiger partial charge < -0.3 is 9.26 Å². The van der Waals surface area contributed by atoms with E-state index in [9.17, 15) is 12.8 Å². The molecular weight excluding hydrogens is 371 g/mol. The van der Waals surface area contributed by atoms with Crippen LogP contribution >= 0.6 is 0 Å². The summed E-state index contributed by atoms with van der Waals surface area (Å²) in [5.41, 5.74) is 2.71. The van der Waals surface area contributed by atoms with Crippen molar-refractivity contribution >= 4 is 10.0 Å². The second-order valence-corrected chi connectivity index (χ2v) is 7.75. The molecule has 0 radical (unpaired) electrons. The molecule has 1 aromatic heterocycles. The molecule has 8 heteroatoms. The summed E-state index contributed by atoms with van der Waals surface area (Å²) >= 11 is 0. The van der Waals surface area contributed by atoms with Crippen LogP contribution in [0.25, 0.3) is 11.1 Å². The van der Waals surface area contributed by atoms with Gasteiger partial charge in [-0.2, -0.15) is 0 Å². The van der Waals surface area contributed by atoms with Crippen LogP contribution in [0.2, 0.25) is 0 Å². The molecule has 0 saturated carbocycles. The number of halogens is 1. The number of aryl methyl sites for hydroxylation is 2. The van der Waals surface area contributed by atoms with Crippen molar-refractivity contribution in [2.75, 3.05) is 7.11 Å². The Kier molecular flexibility index (Phi) is 5.29. The quantitative estimate of drug-likeness (QED) is 0.696. The number of ether oxygens (including phenoxy) is 1. The third kappa shape index (κ3) is 4.01. The van der Waals surface area contributed by atoms with Gasteiger partial charge >= 0.3 is 0 Å². The van der Waals surface area contributed by atoms with Crippen LogP contribution in [0, 0.1) is 19.7 Å². The molecule has 27 heavy (non-hydrogen) atoms. The average molecular weight is 390 g/mol. The van der Waals surface area contributed by atoms with Crippen LogP contribution in [-0.4, -0.2) is 20.7 Å². The predicted molar refractivity (Wildman–Crippen MR) is 98.4 cm³/mol. The fourth-order valence-electron chi connectivity index (χ4n) is 2.80. The van der Waals surface area contributed by atoms with Crippen LogP contribution in [0.5, 0.6) is 5.75 Å². The Morgan fingerprint density at radius 1 is 1.15 bits per heavy atom. The Morgan fingerprint density at radius 3 is 2.44 bits per heavy atom. The van der Waals surface area contributed by atoms with Gasteiger partial charge in [0.1, 0.15) is 22.2 Å².